The summed E-state index contributed by atoms with van der Waals surface area (Å²) >= 11 is 0. The van der Waals surface area contributed by atoms with Crippen LogP contribution in [-0.4, -0.2) is 28.6 Å². The first-order chi connectivity index (χ1) is 21.1. The average molecular weight is 667 g/mol. The van der Waals surface area contributed by atoms with Crippen molar-refractivity contribution in [3.63, 3.8) is 0 Å². The molecular weight excluding hydrogens is 625 g/mol. The van der Waals surface area contributed by atoms with E-state index >= 15 is 0 Å². The SMILES string of the molecule is CCC(CC)Cc1cccc2c(CC(CC)CC)cccc12.CS(=O)(=O)Oc1cccc2c(OS(=O)(=O)C(F)(F)F)cccc12. The van der Waals surface area contributed by atoms with Gasteiger partial charge in [-0.3, -0.25) is 0 Å². The molecular formula is C34H41F3O6S2. The van der Waals surface area contributed by atoms with Crippen LogP contribution in [0.25, 0.3) is 21.5 Å². The number of hydrogen-bond donors (Lipinski definition) is 0. The molecule has 0 spiro atoms. The molecule has 45 heavy (non-hydrogen) atoms. The summed E-state index contributed by atoms with van der Waals surface area (Å²) in [6.45, 7) is 9.27. The molecule has 0 aliphatic rings. The Balaban J connectivity index is 0.000000246. The average Bonchev–Trinajstić information content (AvgIpc) is 2.98. The number of alkyl halides is 3. The van der Waals surface area contributed by atoms with E-state index in [0.29, 0.717) is 0 Å². The predicted molar refractivity (Wildman–Crippen MR) is 175 cm³/mol. The lowest BCUT2D eigenvalue weighted by Crippen LogP contribution is -2.28. The van der Waals surface area contributed by atoms with Gasteiger partial charge in [-0.2, -0.15) is 30.0 Å². The Kier molecular flexibility index (Phi) is 12.3. The minimum absolute atomic E-state index is 0.0542. The van der Waals surface area contributed by atoms with Crippen LogP contribution >= 0.6 is 0 Å². The minimum Gasteiger partial charge on any atom is -0.382 e. The summed E-state index contributed by atoms with van der Waals surface area (Å²) in [5, 5.41) is 2.99. The van der Waals surface area contributed by atoms with E-state index in [2.05, 4.69) is 68.3 Å². The lowest BCUT2D eigenvalue weighted by Gasteiger charge is -2.17. The van der Waals surface area contributed by atoms with Gasteiger partial charge in [-0.1, -0.05) is 114 Å². The fraction of sp³-hybridized carbons (Fsp3) is 0.412. The largest absolute Gasteiger partial charge is 0.534 e. The highest BCUT2D eigenvalue weighted by Gasteiger charge is 2.48. The molecule has 0 aliphatic heterocycles. The Morgan fingerprint density at radius 3 is 1.29 bits per heavy atom. The van der Waals surface area contributed by atoms with Crippen LogP contribution in [0.5, 0.6) is 11.5 Å². The van der Waals surface area contributed by atoms with Crippen LogP contribution in [0.4, 0.5) is 13.2 Å². The zero-order chi connectivity index (χ0) is 33.4. The number of hydrogen-bond acceptors (Lipinski definition) is 6. The van der Waals surface area contributed by atoms with E-state index in [1.807, 2.05) is 0 Å². The Labute approximate surface area is 264 Å². The van der Waals surface area contributed by atoms with Crippen LogP contribution in [0.2, 0.25) is 0 Å². The van der Waals surface area contributed by atoms with E-state index < -0.39 is 31.5 Å². The van der Waals surface area contributed by atoms with E-state index in [9.17, 15) is 30.0 Å². The molecule has 0 aromatic heterocycles. The van der Waals surface area contributed by atoms with Gasteiger partial charge in [0.2, 0.25) is 0 Å². The van der Waals surface area contributed by atoms with Crippen molar-refractivity contribution in [2.24, 2.45) is 11.8 Å². The third-order valence-electron chi connectivity index (χ3n) is 8.00. The second kappa shape index (κ2) is 15.3. The summed E-state index contributed by atoms with van der Waals surface area (Å²) in [5.74, 6) is 0.861. The van der Waals surface area contributed by atoms with Crippen LogP contribution in [0, 0.1) is 11.8 Å². The van der Waals surface area contributed by atoms with Gasteiger partial charge < -0.3 is 8.37 Å². The maximum atomic E-state index is 12.4. The maximum Gasteiger partial charge on any atom is 0.534 e. The number of halogens is 3. The molecule has 0 amide bonds. The standard InChI is InChI=1S/C22H32.C12H9F3O6S2/c1-5-17(6-2)15-19-11-9-14-22-20(12-10-13-21(19)22)16-18(7-3)8-4;1-22(16,17)20-10-6-2-5-9-8(10)4-3-7-11(9)21-23(18,19)12(13,14)15/h9-14,17-18H,5-8,15-16H2,1-4H3;2-7H,1H3. The fourth-order valence-corrected chi connectivity index (χ4v) is 6.25. The lowest BCUT2D eigenvalue weighted by atomic mass is 9.88. The minimum atomic E-state index is -5.85. The van der Waals surface area contributed by atoms with E-state index in [1.165, 1.54) is 90.8 Å². The van der Waals surface area contributed by atoms with Crippen molar-refractivity contribution in [2.45, 2.75) is 71.7 Å². The Bertz CT molecular complexity index is 1740. The molecule has 11 heteroatoms. The molecule has 0 bridgehead atoms. The van der Waals surface area contributed by atoms with Crippen molar-refractivity contribution >= 4 is 41.8 Å². The summed E-state index contributed by atoms with van der Waals surface area (Å²) in [5.41, 5.74) is -2.51. The van der Waals surface area contributed by atoms with Gasteiger partial charge in [0.05, 0.1) is 6.26 Å². The normalized spacial score (nSPS) is 12.4. The van der Waals surface area contributed by atoms with Crippen molar-refractivity contribution in [1.29, 1.82) is 0 Å². The fourth-order valence-electron chi connectivity index (χ4n) is 5.30. The summed E-state index contributed by atoms with van der Waals surface area (Å²) in [7, 11) is -9.73. The van der Waals surface area contributed by atoms with Gasteiger partial charge >= 0.3 is 25.7 Å². The molecule has 0 saturated carbocycles. The van der Waals surface area contributed by atoms with E-state index in [0.717, 1.165) is 24.2 Å². The van der Waals surface area contributed by atoms with E-state index in [4.69, 9.17) is 4.18 Å². The summed E-state index contributed by atoms with van der Waals surface area (Å²) < 4.78 is 90.6. The third-order valence-corrected chi connectivity index (χ3v) is 9.44. The monoisotopic (exact) mass is 666 g/mol. The van der Waals surface area contributed by atoms with Crippen LogP contribution < -0.4 is 8.37 Å². The first-order valence-corrected chi connectivity index (χ1v) is 18.3. The van der Waals surface area contributed by atoms with Crippen molar-refractivity contribution in [3.8, 4) is 11.5 Å². The third kappa shape index (κ3) is 9.59. The molecule has 0 unspecified atom stereocenters. The van der Waals surface area contributed by atoms with Crippen molar-refractivity contribution in [2.75, 3.05) is 6.26 Å². The Morgan fingerprint density at radius 2 is 0.933 bits per heavy atom. The number of fused-ring (bicyclic) bond motifs is 2. The molecule has 0 atom stereocenters. The molecule has 0 fully saturated rings. The summed E-state index contributed by atoms with van der Waals surface area (Å²) in [6, 6.07) is 21.2. The lowest BCUT2D eigenvalue weighted by molar-refractivity contribution is -0.0499. The van der Waals surface area contributed by atoms with Gasteiger partial charge in [0.1, 0.15) is 0 Å². The van der Waals surface area contributed by atoms with Crippen LogP contribution in [0.15, 0.2) is 72.8 Å². The highest BCUT2D eigenvalue weighted by Crippen LogP contribution is 2.36. The zero-order valence-electron chi connectivity index (χ0n) is 26.2. The highest BCUT2D eigenvalue weighted by molar-refractivity contribution is 7.88. The van der Waals surface area contributed by atoms with Gasteiger partial charge in [-0.15, -0.1) is 0 Å². The molecule has 4 aromatic rings. The molecule has 246 valence electrons. The van der Waals surface area contributed by atoms with Gasteiger partial charge in [-0.05, 0) is 58.7 Å². The number of benzene rings is 4. The second-order valence-corrected chi connectivity index (χ2v) is 14.2. The van der Waals surface area contributed by atoms with E-state index in [-0.39, 0.29) is 16.5 Å². The van der Waals surface area contributed by atoms with Gasteiger partial charge in [0, 0.05) is 10.8 Å². The molecule has 0 saturated heterocycles. The molecule has 0 heterocycles. The topological polar surface area (TPSA) is 86.7 Å². The van der Waals surface area contributed by atoms with Crippen LogP contribution in [-0.2, 0) is 33.1 Å². The molecule has 0 N–H and O–H groups in total. The second-order valence-electron chi connectivity index (χ2n) is 11.1. The highest BCUT2D eigenvalue weighted by atomic mass is 32.2. The van der Waals surface area contributed by atoms with Crippen LogP contribution in [0.3, 0.4) is 0 Å². The van der Waals surface area contributed by atoms with Gasteiger partial charge in [-0.25, -0.2) is 0 Å². The summed E-state index contributed by atoms with van der Waals surface area (Å²) in [6.07, 6.45) is 8.35. The van der Waals surface area contributed by atoms with Gasteiger partial charge in [0.25, 0.3) is 0 Å². The first-order valence-electron chi connectivity index (χ1n) is 15.0. The molecule has 0 aliphatic carbocycles. The van der Waals surface area contributed by atoms with E-state index in [1.54, 1.807) is 0 Å². The quantitative estimate of drug-likeness (QED) is 0.111. The number of rotatable bonds is 12. The maximum absolute atomic E-state index is 12.4. The van der Waals surface area contributed by atoms with Gasteiger partial charge in [0.15, 0.2) is 11.5 Å². The molecule has 0 radical (unpaired) electrons. The Morgan fingerprint density at radius 1 is 0.578 bits per heavy atom. The molecule has 4 rings (SSSR count). The Hall–Kier alpha value is -3.31. The molecule has 4 aromatic carbocycles. The smallest absolute Gasteiger partial charge is 0.382 e. The zero-order valence-corrected chi connectivity index (χ0v) is 27.9. The van der Waals surface area contributed by atoms with Crippen molar-refractivity contribution in [3.05, 3.63) is 83.9 Å². The van der Waals surface area contributed by atoms with Crippen LogP contribution in [0.1, 0.15) is 64.5 Å². The molecule has 6 nitrogen and oxygen atoms in total. The first kappa shape index (κ1) is 36.2. The summed E-state index contributed by atoms with van der Waals surface area (Å²) in [4.78, 5) is 0. The van der Waals surface area contributed by atoms with Crippen molar-refractivity contribution in [1.82, 2.24) is 0 Å². The van der Waals surface area contributed by atoms with Crippen molar-refractivity contribution < 1.29 is 38.4 Å². The predicted octanol–water partition coefficient (Wildman–Crippen LogP) is 9.20.